The molecule has 1 aromatic heterocycles. The first kappa shape index (κ1) is 12.9. The van der Waals surface area contributed by atoms with Crippen LogP contribution in [0.4, 0.5) is 0 Å². The van der Waals surface area contributed by atoms with Crippen LogP contribution in [-0.4, -0.2) is 10.4 Å². The van der Waals surface area contributed by atoms with Crippen molar-refractivity contribution in [3.05, 3.63) is 83.7 Å². The molecular formula is C19H15NO2. The van der Waals surface area contributed by atoms with Gasteiger partial charge in [0.15, 0.2) is 6.10 Å². The highest BCUT2D eigenvalue weighted by atomic mass is 16.5. The van der Waals surface area contributed by atoms with Crippen LogP contribution in [0.1, 0.15) is 27.7 Å². The zero-order chi connectivity index (χ0) is 15.1. The van der Waals surface area contributed by atoms with E-state index in [4.69, 9.17) is 4.74 Å². The van der Waals surface area contributed by atoms with E-state index in [9.17, 15) is 4.79 Å². The second-order valence-corrected chi connectivity index (χ2v) is 5.51. The van der Waals surface area contributed by atoms with Crippen LogP contribution in [0.15, 0.2) is 66.9 Å². The smallest absolute Gasteiger partial charge is 0.224 e. The zero-order valence-corrected chi connectivity index (χ0v) is 12.2. The van der Waals surface area contributed by atoms with Gasteiger partial charge in [-0.25, -0.2) is 0 Å². The zero-order valence-electron chi connectivity index (χ0n) is 12.2. The number of nitrogens with zero attached hydrogens (tertiary/aromatic N) is 1. The Kier molecular flexibility index (Phi) is 2.86. The molecule has 0 spiro atoms. The fourth-order valence-corrected chi connectivity index (χ4v) is 2.92. The van der Waals surface area contributed by atoms with Crippen molar-refractivity contribution in [3.8, 4) is 11.4 Å². The number of ether oxygens (including phenoxy) is 1. The van der Waals surface area contributed by atoms with Crippen molar-refractivity contribution in [3.63, 3.8) is 0 Å². The molecule has 0 unspecified atom stereocenters. The minimum Gasteiger partial charge on any atom is -0.475 e. The molecule has 1 aliphatic rings. The summed E-state index contributed by atoms with van der Waals surface area (Å²) < 4.78 is 7.98. The van der Waals surface area contributed by atoms with Gasteiger partial charge in [0.2, 0.25) is 5.78 Å². The molecule has 1 atom stereocenters. The summed E-state index contributed by atoms with van der Waals surface area (Å²) in [7, 11) is 0. The Morgan fingerprint density at radius 3 is 2.73 bits per heavy atom. The van der Waals surface area contributed by atoms with Crippen LogP contribution in [0, 0.1) is 6.92 Å². The quantitative estimate of drug-likeness (QED) is 0.675. The first-order valence-corrected chi connectivity index (χ1v) is 7.28. The van der Waals surface area contributed by atoms with E-state index in [0.29, 0.717) is 5.69 Å². The Morgan fingerprint density at radius 2 is 1.86 bits per heavy atom. The molecule has 2 heterocycles. The Hall–Kier alpha value is -2.81. The van der Waals surface area contributed by atoms with Gasteiger partial charge in [0.25, 0.3) is 0 Å². The van der Waals surface area contributed by atoms with Crippen molar-refractivity contribution < 1.29 is 9.53 Å². The number of hydrogen-bond acceptors (Lipinski definition) is 2. The standard InChI is InChI=1S/C19H15NO2/c1-13-6-4-7-14(12-13)19-18(21)16-9-5-11-20(16)15-8-2-3-10-17(15)22-19/h2-12,19H,1H3/t19-/m0/s1. The molecule has 0 aliphatic carbocycles. The number of rotatable bonds is 1. The average molecular weight is 289 g/mol. The molecule has 0 N–H and O–H groups in total. The highest BCUT2D eigenvalue weighted by molar-refractivity contribution is 6.00. The van der Waals surface area contributed by atoms with Gasteiger partial charge in [-0.3, -0.25) is 4.79 Å². The van der Waals surface area contributed by atoms with E-state index in [-0.39, 0.29) is 5.78 Å². The van der Waals surface area contributed by atoms with Crippen LogP contribution < -0.4 is 4.74 Å². The summed E-state index contributed by atoms with van der Waals surface area (Å²) in [5, 5.41) is 0. The molecule has 1 aliphatic heterocycles. The number of hydrogen-bond donors (Lipinski definition) is 0. The van der Waals surface area contributed by atoms with Gasteiger partial charge >= 0.3 is 0 Å². The lowest BCUT2D eigenvalue weighted by atomic mass is 10.0. The number of carbonyl (C=O) groups is 1. The van der Waals surface area contributed by atoms with E-state index in [1.54, 1.807) is 0 Å². The first-order chi connectivity index (χ1) is 10.7. The molecule has 108 valence electrons. The molecule has 0 fully saturated rings. The van der Waals surface area contributed by atoms with Gasteiger partial charge in [-0.15, -0.1) is 0 Å². The Bertz CT molecular complexity index is 863. The molecule has 0 radical (unpaired) electrons. The van der Waals surface area contributed by atoms with E-state index in [2.05, 4.69) is 0 Å². The lowest BCUT2D eigenvalue weighted by Gasteiger charge is -2.16. The van der Waals surface area contributed by atoms with E-state index in [0.717, 1.165) is 22.6 Å². The van der Waals surface area contributed by atoms with Gasteiger partial charge in [0, 0.05) is 11.8 Å². The maximum atomic E-state index is 12.9. The van der Waals surface area contributed by atoms with E-state index >= 15 is 0 Å². The predicted molar refractivity (Wildman–Crippen MR) is 84.6 cm³/mol. The Labute approximate surface area is 128 Å². The molecule has 3 aromatic rings. The van der Waals surface area contributed by atoms with Crippen molar-refractivity contribution in [2.75, 3.05) is 0 Å². The first-order valence-electron chi connectivity index (χ1n) is 7.28. The van der Waals surface area contributed by atoms with E-state index < -0.39 is 6.10 Å². The van der Waals surface area contributed by atoms with Crippen molar-refractivity contribution in [2.24, 2.45) is 0 Å². The number of para-hydroxylation sites is 2. The lowest BCUT2D eigenvalue weighted by molar-refractivity contribution is 0.0796. The Balaban J connectivity index is 1.92. The molecule has 2 aromatic carbocycles. The largest absolute Gasteiger partial charge is 0.475 e. The van der Waals surface area contributed by atoms with E-state index in [1.807, 2.05) is 78.4 Å². The second kappa shape index (κ2) is 4.88. The summed E-state index contributed by atoms with van der Waals surface area (Å²) in [6.45, 7) is 2.02. The van der Waals surface area contributed by atoms with Crippen LogP contribution >= 0.6 is 0 Å². The minimum absolute atomic E-state index is 0.0215. The number of ketones is 1. The molecule has 3 heteroatoms. The monoisotopic (exact) mass is 289 g/mol. The molecular weight excluding hydrogens is 274 g/mol. The molecule has 0 amide bonds. The second-order valence-electron chi connectivity index (χ2n) is 5.51. The summed E-state index contributed by atoms with van der Waals surface area (Å²) in [4.78, 5) is 12.9. The van der Waals surface area contributed by atoms with Crippen LogP contribution in [-0.2, 0) is 0 Å². The van der Waals surface area contributed by atoms with Gasteiger partial charge in [-0.1, -0.05) is 42.0 Å². The third-order valence-corrected chi connectivity index (χ3v) is 3.95. The van der Waals surface area contributed by atoms with Crippen molar-refractivity contribution >= 4 is 5.78 Å². The lowest BCUT2D eigenvalue weighted by Crippen LogP contribution is -2.18. The van der Waals surface area contributed by atoms with Crippen LogP contribution in [0.2, 0.25) is 0 Å². The van der Waals surface area contributed by atoms with Gasteiger partial charge in [0.1, 0.15) is 5.75 Å². The molecule has 4 rings (SSSR count). The summed E-state index contributed by atoms with van der Waals surface area (Å²) >= 11 is 0. The highest BCUT2D eigenvalue weighted by Crippen LogP contribution is 2.35. The molecule has 0 bridgehead atoms. The summed E-state index contributed by atoms with van der Waals surface area (Å²) in [5.74, 6) is 0.698. The topological polar surface area (TPSA) is 31.2 Å². The average Bonchev–Trinajstić information content (AvgIpc) is 2.98. The minimum atomic E-state index is -0.614. The third kappa shape index (κ3) is 1.94. The molecule has 3 nitrogen and oxygen atoms in total. The van der Waals surface area contributed by atoms with Crippen LogP contribution in [0.25, 0.3) is 5.69 Å². The van der Waals surface area contributed by atoms with Gasteiger partial charge in [-0.05, 0) is 31.2 Å². The summed E-state index contributed by atoms with van der Waals surface area (Å²) in [6, 6.07) is 19.4. The normalized spacial score (nSPS) is 16.4. The number of aryl methyl sites for hydroxylation is 1. The van der Waals surface area contributed by atoms with Gasteiger partial charge in [-0.2, -0.15) is 0 Å². The van der Waals surface area contributed by atoms with Crippen LogP contribution in [0.3, 0.4) is 0 Å². The van der Waals surface area contributed by atoms with Gasteiger partial charge < -0.3 is 9.30 Å². The Morgan fingerprint density at radius 1 is 1.00 bits per heavy atom. The number of benzene rings is 2. The molecule has 0 saturated heterocycles. The van der Waals surface area contributed by atoms with Gasteiger partial charge in [0.05, 0.1) is 11.4 Å². The summed E-state index contributed by atoms with van der Waals surface area (Å²) in [5.41, 5.74) is 3.54. The predicted octanol–water partition coefficient (Wildman–Crippen LogP) is 4.10. The molecule has 22 heavy (non-hydrogen) atoms. The van der Waals surface area contributed by atoms with Crippen molar-refractivity contribution in [1.82, 2.24) is 4.57 Å². The maximum Gasteiger partial charge on any atom is 0.224 e. The fraction of sp³-hybridized carbons (Fsp3) is 0.105. The number of carbonyl (C=O) groups excluding carboxylic acids is 1. The fourth-order valence-electron chi connectivity index (χ4n) is 2.92. The number of fused-ring (bicyclic) bond motifs is 3. The van der Waals surface area contributed by atoms with Crippen LogP contribution in [0.5, 0.6) is 5.75 Å². The summed E-state index contributed by atoms with van der Waals surface area (Å²) in [6.07, 6.45) is 1.28. The maximum absolute atomic E-state index is 12.9. The van der Waals surface area contributed by atoms with Crippen molar-refractivity contribution in [1.29, 1.82) is 0 Å². The number of Topliss-reactive ketones (excluding diaryl/α,β-unsaturated/α-hetero) is 1. The SMILES string of the molecule is Cc1cccc([C@@H]2Oc3ccccc3-n3cccc3C2=O)c1. The highest BCUT2D eigenvalue weighted by Gasteiger charge is 2.30. The number of aromatic nitrogens is 1. The van der Waals surface area contributed by atoms with Crippen molar-refractivity contribution in [2.45, 2.75) is 13.0 Å². The molecule has 0 saturated carbocycles. The van der Waals surface area contributed by atoms with E-state index in [1.165, 1.54) is 0 Å². The third-order valence-electron chi connectivity index (χ3n) is 3.95.